The summed E-state index contributed by atoms with van der Waals surface area (Å²) >= 11 is 0. The Bertz CT molecular complexity index is 486. The van der Waals surface area contributed by atoms with Gasteiger partial charge in [0.2, 0.25) is 5.91 Å². The van der Waals surface area contributed by atoms with Crippen molar-refractivity contribution < 1.29 is 14.3 Å². The van der Waals surface area contributed by atoms with Crippen molar-refractivity contribution in [2.24, 2.45) is 4.99 Å². The van der Waals surface area contributed by atoms with Crippen LogP contribution in [0.15, 0.2) is 4.99 Å². The van der Waals surface area contributed by atoms with Crippen LogP contribution in [0.25, 0.3) is 0 Å². The number of guanidine groups is 1. The van der Waals surface area contributed by atoms with E-state index in [0.29, 0.717) is 25.2 Å². The molecule has 2 aliphatic heterocycles. The highest BCUT2D eigenvalue weighted by atomic mass is 127. The summed E-state index contributed by atoms with van der Waals surface area (Å²) in [7, 11) is 3.49. The Hall–Kier alpha value is -0.650. The minimum Gasteiger partial charge on any atom is -0.379 e. The molecule has 2 rings (SSSR count). The molecular formula is C19H38IN5O3. The molecule has 2 fully saturated rings. The Balaban J connectivity index is 0.00000392. The molecule has 2 N–H and O–H groups in total. The fourth-order valence-electron chi connectivity index (χ4n) is 3.40. The van der Waals surface area contributed by atoms with E-state index < -0.39 is 0 Å². The first-order chi connectivity index (χ1) is 13.0. The summed E-state index contributed by atoms with van der Waals surface area (Å²) in [5, 5.41) is 6.80. The maximum Gasteiger partial charge on any atom is 0.243 e. The van der Waals surface area contributed by atoms with Gasteiger partial charge >= 0.3 is 0 Å². The topological polar surface area (TPSA) is 78.4 Å². The fourth-order valence-corrected chi connectivity index (χ4v) is 3.40. The zero-order valence-corrected chi connectivity index (χ0v) is 20.1. The summed E-state index contributed by atoms with van der Waals surface area (Å²) in [5.74, 6) is 0.658. The molecule has 2 heterocycles. The molecule has 0 aromatic carbocycles. The molecule has 0 saturated carbocycles. The summed E-state index contributed by atoms with van der Waals surface area (Å²) in [6.45, 7) is 9.51. The van der Waals surface area contributed by atoms with Crippen molar-refractivity contribution in [3.05, 3.63) is 0 Å². The molecule has 3 unspecified atom stereocenters. The lowest BCUT2D eigenvalue weighted by Crippen LogP contribution is -2.48. The van der Waals surface area contributed by atoms with Crippen molar-refractivity contribution in [3.63, 3.8) is 0 Å². The molecule has 2 aliphatic rings. The van der Waals surface area contributed by atoms with Crippen molar-refractivity contribution in [3.8, 4) is 0 Å². The van der Waals surface area contributed by atoms with E-state index in [-0.39, 0.29) is 48.6 Å². The van der Waals surface area contributed by atoms with Crippen LogP contribution in [-0.4, -0.2) is 99.9 Å². The van der Waals surface area contributed by atoms with Gasteiger partial charge in [-0.25, -0.2) is 4.99 Å². The van der Waals surface area contributed by atoms with Crippen molar-refractivity contribution in [1.82, 2.24) is 20.4 Å². The Morgan fingerprint density at radius 3 is 2.82 bits per heavy atom. The van der Waals surface area contributed by atoms with Gasteiger partial charge in [0.1, 0.15) is 6.54 Å². The third kappa shape index (κ3) is 8.79. The van der Waals surface area contributed by atoms with E-state index in [1.165, 1.54) is 12.8 Å². The van der Waals surface area contributed by atoms with Gasteiger partial charge in [0, 0.05) is 39.3 Å². The largest absolute Gasteiger partial charge is 0.379 e. The zero-order chi connectivity index (χ0) is 19.6. The SMILES string of the molecule is CCN1CCCC1CNC(=NCC(=O)N(C)C)NC(C)COC1CCOC1.I. The van der Waals surface area contributed by atoms with Gasteiger partial charge in [-0.2, -0.15) is 0 Å². The number of hydrogen-bond acceptors (Lipinski definition) is 5. The Morgan fingerprint density at radius 2 is 2.18 bits per heavy atom. The number of halogens is 1. The molecule has 2 saturated heterocycles. The van der Waals surface area contributed by atoms with E-state index >= 15 is 0 Å². The molecule has 0 aromatic rings. The normalized spacial score (nSPS) is 23.9. The molecule has 0 spiro atoms. The van der Waals surface area contributed by atoms with Gasteiger partial charge in [0.15, 0.2) is 5.96 Å². The van der Waals surface area contributed by atoms with E-state index in [1.54, 1.807) is 19.0 Å². The van der Waals surface area contributed by atoms with E-state index in [2.05, 4.69) is 34.4 Å². The molecule has 3 atom stereocenters. The van der Waals surface area contributed by atoms with E-state index in [9.17, 15) is 4.79 Å². The average Bonchev–Trinajstić information content (AvgIpc) is 3.32. The Kier molecular flexibility index (Phi) is 12.3. The van der Waals surface area contributed by atoms with Crippen LogP contribution < -0.4 is 10.6 Å². The fraction of sp³-hybridized carbons (Fsp3) is 0.895. The molecule has 28 heavy (non-hydrogen) atoms. The second-order valence-electron chi connectivity index (χ2n) is 7.62. The number of nitrogens with one attached hydrogen (secondary N) is 2. The van der Waals surface area contributed by atoms with Crippen molar-refractivity contribution in [2.75, 3.05) is 60.1 Å². The van der Waals surface area contributed by atoms with Crippen molar-refractivity contribution in [1.29, 1.82) is 0 Å². The number of aliphatic imine (C=N–C) groups is 1. The number of likely N-dealkylation sites (tertiary alicyclic amines) is 1. The molecule has 164 valence electrons. The first-order valence-electron chi connectivity index (χ1n) is 10.2. The van der Waals surface area contributed by atoms with Gasteiger partial charge in [0.25, 0.3) is 0 Å². The van der Waals surface area contributed by atoms with Crippen LogP contribution in [0.1, 0.15) is 33.1 Å². The van der Waals surface area contributed by atoms with Crippen LogP contribution in [-0.2, 0) is 14.3 Å². The monoisotopic (exact) mass is 511 g/mol. The molecule has 9 heteroatoms. The molecule has 0 aliphatic carbocycles. The highest BCUT2D eigenvalue weighted by Crippen LogP contribution is 2.15. The highest BCUT2D eigenvalue weighted by molar-refractivity contribution is 14.0. The quantitative estimate of drug-likeness (QED) is 0.272. The van der Waals surface area contributed by atoms with Crippen LogP contribution in [0, 0.1) is 0 Å². The smallest absolute Gasteiger partial charge is 0.243 e. The first kappa shape index (κ1) is 25.4. The van der Waals surface area contributed by atoms with E-state index in [4.69, 9.17) is 9.47 Å². The lowest BCUT2D eigenvalue weighted by Gasteiger charge is -2.25. The summed E-state index contributed by atoms with van der Waals surface area (Å²) in [5.41, 5.74) is 0. The van der Waals surface area contributed by atoms with Crippen molar-refractivity contribution >= 4 is 35.8 Å². The summed E-state index contributed by atoms with van der Waals surface area (Å²) in [6.07, 6.45) is 3.59. The van der Waals surface area contributed by atoms with Gasteiger partial charge in [-0.15, -0.1) is 24.0 Å². The third-order valence-corrected chi connectivity index (χ3v) is 5.13. The summed E-state index contributed by atoms with van der Waals surface area (Å²) in [4.78, 5) is 20.4. The molecule has 0 aromatic heterocycles. The molecular weight excluding hydrogens is 473 g/mol. The van der Waals surface area contributed by atoms with Crippen LogP contribution in [0.3, 0.4) is 0 Å². The number of rotatable bonds is 9. The van der Waals surface area contributed by atoms with E-state index in [0.717, 1.165) is 32.7 Å². The number of nitrogens with zero attached hydrogens (tertiary/aromatic N) is 3. The predicted molar refractivity (Wildman–Crippen MR) is 122 cm³/mol. The van der Waals surface area contributed by atoms with Gasteiger partial charge in [0.05, 0.1) is 19.3 Å². The number of ether oxygens (including phenoxy) is 2. The number of likely N-dealkylation sites (N-methyl/N-ethyl adjacent to an activating group) is 2. The van der Waals surface area contributed by atoms with Gasteiger partial charge in [-0.3, -0.25) is 9.69 Å². The second-order valence-corrected chi connectivity index (χ2v) is 7.62. The standard InChI is InChI=1S/C19H37N5O3.HI/c1-5-24-9-6-7-16(24)11-20-19(21-12-18(25)23(3)4)22-15(2)13-27-17-8-10-26-14-17;/h15-17H,5-14H2,1-4H3,(H2,20,21,22);1H. The van der Waals surface area contributed by atoms with Gasteiger partial charge in [-0.05, 0) is 39.3 Å². The van der Waals surface area contributed by atoms with Gasteiger partial charge in [-0.1, -0.05) is 6.92 Å². The molecule has 1 amide bonds. The Labute approximate surface area is 186 Å². The summed E-state index contributed by atoms with van der Waals surface area (Å²) < 4.78 is 11.2. The number of hydrogen-bond donors (Lipinski definition) is 2. The van der Waals surface area contributed by atoms with E-state index in [1.807, 2.05) is 0 Å². The molecule has 0 radical (unpaired) electrons. The lowest BCUT2D eigenvalue weighted by atomic mass is 10.2. The maximum atomic E-state index is 11.9. The van der Waals surface area contributed by atoms with Crippen LogP contribution in [0.2, 0.25) is 0 Å². The van der Waals surface area contributed by atoms with Gasteiger partial charge < -0.3 is 25.0 Å². The second kappa shape index (κ2) is 13.6. The number of carbonyl (C=O) groups excluding carboxylic acids is 1. The minimum atomic E-state index is -0.0147. The van der Waals surface area contributed by atoms with Crippen molar-refractivity contribution in [2.45, 2.75) is 51.3 Å². The third-order valence-electron chi connectivity index (χ3n) is 5.13. The number of carbonyl (C=O) groups is 1. The predicted octanol–water partition coefficient (Wildman–Crippen LogP) is 0.906. The highest BCUT2D eigenvalue weighted by Gasteiger charge is 2.23. The average molecular weight is 511 g/mol. The lowest BCUT2D eigenvalue weighted by molar-refractivity contribution is -0.127. The first-order valence-corrected chi connectivity index (χ1v) is 10.2. The Morgan fingerprint density at radius 1 is 1.39 bits per heavy atom. The maximum absolute atomic E-state index is 11.9. The van der Waals surface area contributed by atoms with Crippen LogP contribution >= 0.6 is 24.0 Å². The zero-order valence-electron chi connectivity index (χ0n) is 17.8. The van der Waals surface area contributed by atoms with Crippen LogP contribution in [0.5, 0.6) is 0 Å². The van der Waals surface area contributed by atoms with Crippen LogP contribution in [0.4, 0.5) is 0 Å². The number of amides is 1. The summed E-state index contributed by atoms with van der Waals surface area (Å²) in [6, 6.07) is 0.617. The minimum absolute atomic E-state index is 0. The molecule has 8 nitrogen and oxygen atoms in total. The molecule has 0 bridgehead atoms.